The van der Waals surface area contributed by atoms with Crippen LogP contribution in [0.1, 0.15) is 21.5 Å². The summed E-state index contributed by atoms with van der Waals surface area (Å²) in [6, 6.07) is 19.1. The molecule has 10 heteroatoms. The highest BCUT2D eigenvalue weighted by Crippen LogP contribution is 2.18. The number of nitro benzene ring substituents is 1. The zero-order valence-electron chi connectivity index (χ0n) is 17.4. The molecular formula is C23H19N5O5. The number of hydrogen-bond acceptors (Lipinski definition) is 6. The predicted octanol–water partition coefficient (Wildman–Crippen LogP) is 3.24. The Morgan fingerprint density at radius 3 is 2.42 bits per heavy atom. The van der Waals surface area contributed by atoms with Crippen LogP contribution in [0.2, 0.25) is 0 Å². The Balaban J connectivity index is 1.64. The van der Waals surface area contributed by atoms with Gasteiger partial charge in [-0.2, -0.15) is 5.10 Å². The van der Waals surface area contributed by atoms with Crippen molar-refractivity contribution in [3.63, 3.8) is 0 Å². The Kier molecular flexibility index (Phi) is 7.22. The highest BCUT2D eigenvalue weighted by molar-refractivity contribution is 6.40. The van der Waals surface area contributed by atoms with Crippen LogP contribution in [0.3, 0.4) is 0 Å². The van der Waals surface area contributed by atoms with Crippen molar-refractivity contribution >= 4 is 41.0 Å². The van der Waals surface area contributed by atoms with Gasteiger partial charge in [-0.15, -0.1) is 0 Å². The number of nitro groups is 1. The summed E-state index contributed by atoms with van der Waals surface area (Å²) in [6.07, 6.45) is 1.17. The van der Waals surface area contributed by atoms with Crippen molar-refractivity contribution in [2.45, 2.75) is 6.92 Å². The molecule has 0 fully saturated rings. The summed E-state index contributed by atoms with van der Waals surface area (Å²) < 4.78 is 0. The van der Waals surface area contributed by atoms with E-state index in [9.17, 15) is 24.5 Å². The third-order valence-electron chi connectivity index (χ3n) is 4.36. The SMILES string of the molecule is Cc1cccc(NC(=O)c2ccccc2NC(=O)C(=O)NN=Cc2cccc([N+](=O)[O-])c2)c1. The molecule has 10 nitrogen and oxygen atoms in total. The number of hydrazone groups is 1. The summed E-state index contributed by atoms with van der Waals surface area (Å²) in [5, 5.41) is 19.6. The summed E-state index contributed by atoms with van der Waals surface area (Å²) in [5.41, 5.74) is 4.14. The minimum Gasteiger partial charge on any atom is -0.322 e. The van der Waals surface area contributed by atoms with Gasteiger partial charge in [0.05, 0.1) is 22.4 Å². The fourth-order valence-corrected chi connectivity index (χ4v) is 2.83. The van der Waals surface area contributed by atoms with Crippen molar-refractivity contribution in [2.75, 3.05) is 10.6 Å². The maximum absolute atomic E-state index is 12.7. The van der Waals surface area contributed by atoms with Crippen LogP contribution in [0, 0.1) is 17.0 Å². The molecule has 0 aliphatic rings. The van der Waals surface area contributed by atoms with Crippen molar-refractivity contribution < 1.29 is 19.3 Å². The maximum atomic E-state index is 12.7. The first-order chi connectivity index (χ1) is 15.8. The molecule has 0 unspecified atom stereocenters. The molecule has 0 atom stereocenters. The first-order valence-corrected chi connectivity index (χ1v) is 9.69. The van der Waals surface area contributed by atoms with Gasteiger partial charge < -0.3 is 10.6 Å². The minimum absolute atomic E-state index is 0.136. The monoisotopic (exact) mass is 445 g/mol. The number of carbonyl (C=O) groups excluding carboxylic acids is 3. The number of anilines is 2. The maximum Gasteiger partial charge on any atom is 0.329 e. The van der Waals surface area contributed by atoms with Gasteiger partial charge in [-0.25, -0.2) is 5.43 Å². The topological polar surface area (TPSA) is 143 Å². The van der Waals surface area contributed by atoms with Crippen LogP contribution in [0.25, 0.3) is 0 Å². The van der Waals surface area contributed by atoms with Gasteiger partial charge in [0.25, 0.3) is 11.6 Å². The molecule has 3 rings (SSSR count). The Morgan fingerprint density at radius 2 is 1.67 bits per heavy atom. The average molecular weight is 445 g/mol. The Morgan fingerprint density at radius 1 is 0.909 bits per heavy atom. The van der Waals surface area contributed by atoms with Gasteiger partial charge in [0.1, 0.15) is 0 Å². The molecule has 0 saturated heterocycles. The van der Waals surface area contributed by atoms with Crippen molar-refractivity contribution in [3.05, 3.63) is 99.6 Å². The molecule has 0 spiro atoms. The molecule has 3 aromatic rings. The summed E-state index contributed by atoms with van der Waals surface area (Å²) in [5.74, 6) is -2.58. The van der Waals surface area contributed by atoms with Crippen LogP contribution in [0.15, 0.2) is 77.9 Å². The Bertz CT molecular complexity index is 1260. The number of nitrogens with one attached hydrogen (secondary N) is 3. The van der Waals surface area contributed by atoms with E-state index in [-0.39, 0.29) is 16.9 Å². The van der Waals surface area contributed by atoms with E-state index < -0.39 is 22.6 Å². The number of aryl methyl sites for hydroxylation is 1. The first-order valence-electron chi connectivity index (χ1n) is 9.69. The summed E-state index contributed by atoms with van der Waals surface area (Å²) in [7, 11) is 0. The number of hydrogen-bond donors (Lipinski definition) is 3. The number of non-ortho nitro benzene ring substituents is 1. The van der Waals surface area contributed by atoms with E-state index in [0.29, 0.717) is 11.3 Å². The third-order valence-corrected chi connectivity index (χ3v) is 4.36. The molecule has 0 radical (unpaired) electrons. The number of amides is 3. The van der Waals surface area contributed by atoms with Crippen molar-refractivity contribution in [1.29, 1.82) is 0 Å². The quantitative estimate of drug-likeness (QED) is 0.231. The molecule has 3 N–H and O–H groups in total. The molecule has 0 aliphatic heterocycles. The van der Waals surface area contributed by atoms with E-state index >= 15 is 0 Å². The lowest BCUT2D eigenvalue weighted by atomic mass is 10.1. The van der Waals surface area contributed by atoms with Crippen LogP contribution in [-0.4, -0.2) is 28.9 Å². The second kappa shape index (κ2) is 10.4. The highest BCUT2D eigenvalue weighted by Gasteiger charge is 2.18. The average Bonchev–Trinajstić information content (AvgIpc) is 2.79. The lowest BCUT2D eigenvalue weighted by molar-refractivity contribution is -0.384. The van der Waals surface area contributed by atoms with Crippen LogP contribution in [-0.2, 0) is 9.59 Å². The molecule has 0 heterocycles. The Hall–Kier alpha value is -4.86. The van der Waals surface area contributed by atoms with Gasteiger partial charge in [-0.3, -0.25) is 24.5 Å². The fourth-order valence-electron chi connectivity index (χ4n) is 2.83. The number of nitrogens with zero attached hydrogens (tertiary/aromatic N) is 2. The Labute approximate surface area is 188 Å². The largest absolute Gasteiger partial charge is 0.329 e. The molecule has 33 heavy (non-hydrogen) atoms. The van der Waals surface area contributed by atoms with Gasteiger partial charge >= 0.3 is 11.8 Å². The van der Waals surface area contributed by atoms with E-state index in [1.165, 1.54) is 36.5 Å². The summed E-state index contributed by atoms with van der Waals surface area (Å²) in [4.78, 5) is 47.2. The number of para-hydroxylation sites is 1. The molecule has 0 aliphatic carbocycles. The first kappa shape index (κ1) is 22.8. The van der Waals surface area contributed by atoms with E-state index in [1.807, 2.05) is 18.4 Å². The molecule has 3 amide bonds. The van der Waals surface area contributed by atoms with Crippen LogP contribution < -0.4 is 16.1 Å². The minimum atomic E-state index is -1.08. The summed E-state index contributed by atoms with van der Waals surface area (Å²) >= 11 is 0. The van der Waals surface area contributed by atoms with E-state index in [2.05, 4.69) is 15.7 Å². The van der Waals surface area contributed by atoms with Crippen molar-refractivity contribution in [3.8, 4) is 0 Å². The molecule has 166 valence electrons. The second-order valence-corrected chi connectivity index (χ2v) is 6.87. The van der Waals surface area contributed by atoms with Gasteiger partial charge in [-0.1, -0.05) is 36.4 Å². The van der Waals surface area contributed by atoms with Crippen LogP contribution in [0.4, 0.5) is 17.1 Å². The summed E-state index contributed by atoms with van der Waals surface area (Å²) in [6.45, 7) is 1.89. The standard InChI is InChI=1S/C23H19N5O5/c1-15-6-4-8-17(12-15)25-21(29)19-10-2-3-11-20(19)26-22(30)23(31)27-24-14-16-7-5-9-18(13-16)28(32)33/h2-14H,1H3,(H,25,29)(H,26,30)(H,27,31). The smallest absolute Gasteiger partial charge is 0.322 e. The highest BCUT2D eigenvalue weighted by atomic mass is 16.6. The van der Waals surface area contributed by atoms with Gasteiger partial charge in [0, 0.05) is 23.4 Å². The van der Waals surface area contributed by atoms with Crippen LogP contribution >= 0.6 is 0 Å². The molecular weight excluding hydrogens is 426 g/mol. The molecule has 0 bridgehead atoms. The molecule has 0 saturated carbocycles. The van der Waals surface area contributed by atoms with E-state index in [1.54, 1.807) is 36.4 Å². The number of rotatable bonds is 6. The van der Waals surface area contributed by atoms with Crippen LogP contribution in [0.5, 0.6) is 0 Å². The fraction of sp³-hybridized carbons (Fsp3) is 0.0435. The van der Waals surface area contributed by atoms with Gasteiger partial charge in [-0.05, 0) is 36.8 Å². The third kappa shape index (κ3) is 6.31. The van der Waals surface area contributed by atoms with Gasteiger partial charge in [0.15, 0.2) is 0 Å². The van der Waals surface area contributed by atoms with Crippen molar-refractivity contribution in [1.82, 2.24) is 5.43 Å². The second-order valence-electron chi connectivity index (χ2n) is 6.87. The normalized spacial score (nSPS) is 10.5. The molecule has 0 aromatic heterocycles. The zero-order valence-corrected chi connectivity index (χ0v) is 17.4. The lowest BCUT2D eigenvalue weighted by Gasteiger charge is -2.11. The number of carbonyl (C=O) groups is 3. The van der Waals surface area contributed by atoms with E-state index in [0.717, 1.165) is 5.56 Å². The zero-order chi connectivity index (χ0) is 23.8. The van der Waals surface area contributed by atoms with Gasteiger partial charge in [0.2, 0.25) is 0 Å². The predicted molar refractivity (Wildman–Crippen MR) is 123 cm³/mol. The van der Waals surface area contributed by atoms with E-state index in [4.69, 9.17) is 0 Å². The molecule has 3 aromatic carbocycles. The number of benzene rings is 3. The lowest BCUT2D eigenvalue weighted by Crippen LogP contribution is -2.33. The van der Waals surface area contributed by atoms with Crippen molar-refractivity contribution in [2.24, 2.45) is 5.10 Å².